The van der Waals surface area contributed by atoms with Crippen LogP contribution in [0.25, 0.3) is 0 Å². The molecule has 2 aromatic rings. The second-order valence-corrected chi connectivity index (χ2v) is 8.21. The molecule has 28 heavy (non-hydrogen) atoms. The molecule has 8 heteroatoms. The number of hydrogen-bond donors (Lipinski definition) is 2. The minimum atomic E-state index is -0.506. The van der Waals surface area contributed by atoms with Crippen molar-refractivity contribution >= 4 is 11.8 Å². The monoisotopic (exact) mass is 406 g/mol. The number of aliphatic hydroxyl groups excluding tert-OH is 1. The molecule has 1 aromatic heterocycles. The Morgan fingerprint density at radius 1 is 1.21 bits per heavy atom. The van der Waals surface area contributed by atoms with E-state index in [-0.39, 0.29) is 6.61 Å². The summed E-state index contributed by atoms with van der Waals surface area (Å²) < 4.78 is 13.1. The van der Waals surface area contributed by atoms with Crippen LogP contribution in [0.15, 0.2) is 30.6 Å². The highest BCUT2D eigenvalue weighted by Crippen LogP contribution is 2.28. The van der Waals surface area contributed by atoms with Crippen LogP contribution in [0.4, 0.5) is 0 Å². The summed E-state index contributed by atoms with van der Waals surface area (Å²) in [5.41, 5.74) is 2.26. The molecular weight excluding hydrogens is 376 g/mol. The number of hydrogen-bond acceptors (Lipinski definition) is 7. The van der Waals surface area contributed by atoms with Crippen LogP contribution in [0.5, 0.6) is 11.5 Å². The minimum Gasteiger partial charge on any atom is -0.493 e. The molecule has 0 saturated carbocycles. The Balaban J connectivity index is 1.46. The number of thioether (sulfide) groups is 1. The van der Waals surface area contributed by atoms with Crippen molar-refractivity contribution in [1.82, 2.24) is 20.0 Å². The van der Waals surface area contributed by atoms with Gasteiger partial charge in [0.2, 0.25) is 0 Å². The van der Waals surface area contributed by atoms with E-state index in [1.165, 1.54) is 0 Å². The van der Waals surface area contributed by atoms with Gasteiger partial charge < -0.3 is 19.9 Å². The normalized spacial score (nSPS) is 16.1. The van der Waals surface area contributed by atoms with E-state index < -0.39 is 6.10 Å². The van der Waals surface area contributed by atoms with Crippen molar-refractivity contribution in [3.8, 4) is 11.5 Å². The quantitative estimate of drug-likeness (QED) is 0.620. The number of nitrogens with zero attached hydrogens (tertiary/aromatic N) is 3. The SMILES string of the molecule is COc1cc(CNCc2cnn(C)c2)ccc1OCC(O)CN1CCSCC1. The number of methoxy groups -OCH3 is 1. The van der Waals surface area contributed by atoms with Gasteiger partial charge in [0.1, 0.15) is 12.7 Å². The van der Waals surface area contributed by atoms with E-state index in [2.05, 4.69) is 15.3 Å². The van der Waals surface area contributed by atoms with Crippen LogP contribution >= 0.6 is 11.8 Å². The highest BCUT2D eigenvalue weighted by Gasteiger charge is 2.16. The lowest BCUT2D eigenvalue weighted by Gasteiger charge is -2.28. The van der Waals surface area contributed by atoms with Crippen LogP contribution in [0, 0.1) is 0 Å². The molecule has 1 unspecified atom stereocenters. The Morgan fingerprint density at radius 3 is 2.71 bits per heavy atom. The number of aryl methyl sites for hydroxylation is 1. The van der Waals surface area contributed by atoms with E-state index >= 15 is 0 Å². The Hall–Kier alpha value is -1.74. The van der Waals surface area contributed by atoms with Crippen molar-refractivity contribution in [2.45, 2.75) is 19.2 Å². The maximum atomic E-state index is 10.3. The molecule has 2 heterocycles. The third-order valence-corrected chi connectivity index (χ3v) is 5.59. The zero-order chi connectivity index (χ0) is 19.8. The molecule has 0 spiro atoms. The van der Waals surface area contributed by atoms with Gasteiger partial charge in [-0.25, -0.2) is 0 Å². The van der Waals surface area contributed by atoms with Gasteiger partial charge in [0.15, 0.2) is 11.5 Å². The fourth-order valence-electron chi connectivity index (χ4n) is 3.18. The molecule has 0 radical (unpaired) electrons. The average molecular weight is 407 g/mol. The number of β-amino-alcohol motifs (C(OH)–C–C–N with tert-alkyl or cyclic N) is 1. The summed E-state index contributed by atoms with van der Waals surface area (Å²) >= 11 is 1.97. The first-order valence-electron chi connectivity index (χ1n) is 9.60. The smallest absolute Gasteiger partial charge is 0.161 e. The molecule has 1 aliphatic rings. The molecule has 2 N–H and O–H groups in total. The highest BCUT2D eigenvalue weighted by atomic mass is 32.2. The largest absolute Gasteiger partial charge is 0.493 e. The minimum absolute atomic E-state index is 0.263. The van der Waals surface area contributed by atoms with Crippen LogP contribution in [0.2, 0.25) is 0 Å². The molecule has 154 valence electrons. The fourth-order valence-corrected chi connectivity index (χ4v) is 4.15. The summed E-state index contributed by atoms with van der Waals surface area (Å²) in [5.74, 6) is 3.61. The van der Waals surface area contributed by atoms with Gasteiger partial charge in [-0.1, -0.05) is 6.07 Å². The number of aromatic nitrogens is 2. The summed E-state index contributed by atoms with van der Waals surface area (Å²) in [6, 6.07) is 5.90. The highest BCUT2D eigenvalue weighted by molar-refractivity contribution is 7.99. The first kappa shape index (κ1) is 21.0. The van der Waals surface area contributed by atoms with Crippen molar-refractivity contribution in [3.63, 3.8) is 0 Å². The lowest BCUT2D eigenvalue weighted by Crippen LogP contribution is -2.40. The van der Waals surface area contributed by atoms with Crippen LogP contribution in [0.3, 0.4) is 0 Å². The maximum absolute atomic E-state index is 10.3. The molecule has 1 aliphatic heterocycles. The zero-order valence-electron chi connectivity index (χ0n) is 16.6. The molecular formula is C20H30N4O3S. The van der Waals surface area contributed by atoms with Crippen molar-refractivity contribution in [1.29, 1.82) is 0 Å². The molecule has 3 rings (SSSR count). The van der Waals surface area contributed by atoms with Crippen LogP contribution < -0.4 is 14.8 Å². The van der Waals surface area contributed by atoms with Gasteiger partial charge in [0, 0.05) is 63.0 Å². The molecule has 0 aliphatic carbocycles. The van der Waals surface area contributed by atoms with Gasteiger partial charge in [-0.3, -0.25) is 9.58 Å². The molecule has 1 aromatic carbocycles. The van der Waals surface area contributed by atoms with Gasteiger partial charge in [-0.2, -0.15) is 16.9 Å². The molecule has 0 bridgehead atoms. The van der Waals surface area contributed by atoms with E-state index in [4.69, 9.17) is 9.47 Å². The third-order valence-electron chi connectivity index (χ3n) is 4.65. The van der Waals surface area contributed by atoms with Crippen molar-refractivity contribution in [2.75, 3.05) is 44.9 Å². The lowest BCUT2D eigenvalue weighted by atomic mass is 10.2. The van der Waals surface area contributed by atoms with Crippen LogP contribution in [-0.4, -0.2) is 70.7 Å². The first-order chi connectivity index (χ1) is 13.6. The lowest BCUT2D eigenvalue weighted by molar-refractivity contribution is 0.0705. The molecule has 1 atom stereocenters. The van der Waals surface area contributed by atoms with Crippen molar-refractivity contribution in [3.05, 3.63) is 41.7 Å². The van der Waals surface area contributed by atoms with Crippen molar-refractivity contribution in [2.24, 2.45) is 7.05 Å². The molecule has 7 nitrogen and oxygen atoms in total. The predicted octanol–water partition coefficient (Wildman–Crippen LogP) is 1.51. The van der Waals surface area contributed by atoms with Gasteiger partial charge in [-0.15, -0.1) is 0 Å². The third kappa shape index (κ3) is 6.41. The summed E-state index contributed by atoms with van der Waals surface area (Å²) in [6.07, 6.45) is 3.35. The summed E-state index contributed by atoms with van der Waals surface area (Å²) in [5, 5.41) is 17.8. The van der Waals surface area contributed by atoms with Gasteiger partial charge in [0.05, 0.1) is 13.3 Å². The fraction of sp³-hybridized carbons (Fsp3) is 0.550. The number of nitrogens with one attached hydrogen (secondary N) is 1. The first-order valence-corrected chi connectivity index (χ1v) is 10.8. The second kappa shape index (κ2) is 10.7. The maximum Gasteiger partial charge on any atom is 0.161 e. The topological polar surface area (TPSA) is 71.8 Å². The average Bonchev–Trinajstić information content (AvgIpc) is 3.12. The summed E-state index contributed by atoms with van der Waals surface area (Å²) in [6.45, 7) is 4.46. The van der Waals surface area contributed by atoms with Gasteiger partial charge in [-0.05, 0) is 17.7 Å². The molecule has 1 saturated heterocycles. The number of benzene rings is 1. The van der Waals surface area contributed by atoms with Gasteiger partial charge in [0.25, 0.3) is 0 Å². The summed E-state index contributed by atoms with van der Waals surface area (Å²) in [7, 11) is 3.55. The predicted molar refractivity (Wildman–Crippen MR) is 112 cm³/mol. The van der Waals surface area contributed by atoms with Crippen molar-refractivity contribution < 1.29 is 14.6 Å². The molecule has 1 fully saturated rings. The Kier molecular flexibility index (Phi) is 8.02. The second-order valence-electron chi connectivity index (χ2n) is 6.99. The Morgan fingerprint density at radius 2 is 2.00 bits per heavy atom. The number of rotatable bonds is 10. The zero-order valence-corrected chi connectivity index (χ0v) is 17.5. The van der Waals surface area contributed by atoms with E-state index in [0.717, 1.165) is 48.8 Å². The van der Waals surface area contributed by atoms with E-state index in [1.54, 1.807) is 11.8 Å². The Labute approximate surface area is 171 Å². The summed E-state index contributed by atoms with van der Waals surface area (Å²) in [4.78, 5) is 2.29. The van der Waals surface area contributed by atoms with E-state index in [0.29, 0.717) is 18.0 Å². The van der Waals surface area contributed by atoms with E-state index in [1.807, 2.05) is 49.4 Å². The number of aliphatic hydroxyl groups is 1. The Bertz CT molecular complexity index is 734. The molecule has 0 amide bonds. The van der Waals surface area contributed by atoms with Crippen LogP contribution in [-0.2, 0) is 20.1 Å². The van der Waals surface area contributed by atoms with Crippen LogP contribution in [0.1, 0.15) is 11.1 Å². The van der Waals surface area contributed by atoms with Gasteiger partial charge >= 0.3 is 0 Å². The number of ether oxygens (including phenoxy) is 2. The van der Waals surface area contributed by atoms with E-state index in [9.17, 15) is 5.11 Å². The standard InChI is InChI=1S/C20H30N4O3S/c1-23-13-17(12-22-23)11-21-10-16-3-4-19(20(9-16)26-2)27-15-18(25)14-24-5-7-28-8-6-24/h3-4,9,12-13,18,21,25H,5-8,10-11,14-15H2,1-2H3.